The normalized spacial score (nSPS) is 6.37. The SMILES string of the molecule is C.C.C.C.CC(=O)N(CN=C=O)C(=O)NCN=C=O. The van der Waals surface area contributed by atoms with Crippen molar-refractivity contribution in [3.63, 3.8) is 0 Å². The minimum absolute atomic E-state index is 0. The topological polar surface area (TPSA) is 108 Å². The highest BCUT2D eigenvalue weighted by Crippen LogP contribution is 1.90. The van der Waals surface area contributed by atoms with Crippen molar-refractivity contribution in [2.24, 2.45) is 9.98 Å². The molecule has 0 bridgehead atoms. The molecule has 3 amide bonds. The first-order chi connectivity index (χ1) is 7.13. The van der Waals surface area contributed by atoms with Gasteiger partial charge in [0.15, 0.2) is 0 Å². The Labute approximate surface area is 114 Å². The zero-order valence-corrected chi connectivity index (χ0v) is 7.89. The van der Waals surface area contributed by atoms with Crippen molar-refractivity contribution in [3.05, 3.63) is 0 Å². The fraction of sp³-hybridized carbons (Fsp3) is 0.636. The van der Waals surface area contributed by atoms with Crippen LogP contribution in [-0.2, 0) is 14.4 Å². The van der Waals surface area contributed by atoms with Crippen molar-refractivity contribution in [1.82, 2.24) is 10.2 Å². The molecule has 0 atom stereocenters. The van der Waals surface area contributed by atoms with Gasteiger partial charge in [-0.25, -0.2) is 19.3 Å². The van der Waals surface area contributed by atoms with Gasteiger partial charge in [-0.15, -0.1) is 0 Å². The lowest BCUT2D eigenvalue weighted by Gasteiger charge is -2.15. The fourth-order valence-electron chi connectivity index (χ4n) is 0.641. The molecular formula is C11H24N4O4. The summed E-state index contributed by atoms with van der Waals surface area (Å²) in [4.78, 5) is 48.3. The number of carbonyl (C=O) groups is 2. The van der Waals surface area contributed by atoms with E-state index in [2.05, 4.69) is 15.3 Å². The van der Waals surface area contributed by atoms with Gasteiger partial charge in [0.05, 0.1) is 0 Å². The number of urea groups is 1. The van der Waals surface area contributed by atoms with E-state index in [-0.39, 0.29) is 36.4 Å². The van der Waals surface area contributed by atoms with Crippen LogP contribution >= 0.6 is 0 Å². The monoisotopic (exact) mass is 276 g/mol. The van der Waals surface area contributed by atoms with Crippen LogP contribution in [-0.4, -0.2) is 42.3 Å². The van der Waals surface area contributed by atoms with Crippen LogP contribution in [0, 0.1) is 0 Å². The van der Waals surface area contributed by atoms with Gasteiger partial charge in [-0.1, -0.05) is 29.7 Å². The fourth-order valence-corrected chi connectivity index (χ4v) is 0.641. The maximum absolute atomic E-state index is 11.2. The van der Waals surface area contributed by atoms with E-state index in [0.717, 1.165) is 6.92 Å². The lowest BCUT2D eigenvalue weighted by molar-refractivity contribution is -0.125. The Morgan fingerprint density at radius 3 is 1.89 bits per heavy atom. The van der Waals surface area contributed by atoms with Crippen LogP contribution in [0.4, 0.5) is 4.79 Å². The standard InChI is InChI=1S/C7H8N4O4.4CH4/c1-6(14)11(3-9-5-13)7(15)10-2-8-4-12;;;;/h2-3H2,1H3,(H,10,15);4*1H4. The zero-order valence-electron chi connectivity index (χ0n) is 7.89. The van der Waals surface area contributed by atoms with Gasteiger partial charge >= 0.3 is 6.03 Å². The van der Waals surface area contributed by atoms with Gasteiger partial charge in [-0.3, -0.25) is 4.79 Å². The van der Waals surface area contributed by atoms with Gasteiger partial charge in [-0.2, -0.15) is 9.98 Å². The van der Waals surface area contributed by atoms with Gasteiger partial charge in [0.1, 0.15) is 13.3 Å². The molecule has 0 aliphatic carbocycles. The molecule has 0 heterocycles. The highest BCUT2D eigenvalue weighted by Gasteiger charge is 2.16. The van der Waals surface area contributed by atoms with Crippen molar-refractivity contribution in [3.8, 4) is 0 Å². The third kappa shape index (κ3) is 13.6. The first-order valence-electron chi connectivity index (χ1n) is 3.76. The van der Waals surface area contributed by atoms with Crippen molar-refractivity contribution in [1.29, 1.82) is 0 Å². The third-order valence-electron chi connectivity index (χ3n) is 1.28. The van der Waals surface area contributed by atoms with E-state index in [4.69, 9.17) is 0 Å². The Bertz CT molecular complexity index is 345. The summed E-state index contributed by atoms with van der Waals surface area (Å²) in [7, 11) is 0. The second-order valence-corrected chi connectivity index (χ2v) is 2.23. The van der Waals surface area contributed by atoms with Gasteiger partial charge in [0.25, 0.3) is 0 Å². The van der Waals surface area contributed by atoms with E-state index in [1.165, 1.54) is 12.2 Å². The molecule has 0 rings (SSSR count). The van der Waals surface area contributed by atoms with Crippen molar-refractivity contribution in [2.75, 3.05) is 13.3 Å². The molecule has 112 valence electrons. The number of nitrogens with one attached hydrogen (secondary N) is 1. The molecule has 0 saturated carbocycles. The van der Waals surface area contributed by atoms with E-state index in [1.807, 2.05) is 0 Å². The maximum atomic E-state index is 11.2. The number of hydrogen-bond donors (Lipinski definition) is 1. The molecule has 0 saturated heterocycles. The summed E-state index contributed by atoms with van der Waals surface area (Å²) in [5, 5.41) is 2.12. The van der Waals surface area contributed by atoms with Crippen LogP contribution in [0.2, 0.25) is 0 Å². The Morgan fingerprint density at radius 2 is 1.53 bits per heavy atom. The van der Waals surface area contributed by atoms with E-state index >= 15 is 0 Å². The van der Waals surface area contributed by atoms with Crippen LogP contribution in [0.3, 0.4) is 0 Å². The number of amides is 3. The Balaban J connectivity index is -0.000000163. The summed E-state index contributed by atoms with van der Waals surface area (Å²) in [6.45, 7) is 0.412. The van der Waals surface area contributed by atoms with Crippen LogP contribution in [0.5, 0.6) is 0 Å². The summed E-state index contributed by atoms with van der Waals surface area (Å²) in [6, 6.07) is -0.805. The molecule has 0 aliphatic rings. The van der Waals surface area contributed by atoms with E-state index in [0.29, 0.717) is 4.90 Å². The van der Waals surface area contributed by atoms with Gasteiger partial charge in [-0.05, 0) is 0 Å². The summed E-state index contributed by atoms with van der Waals surface area (Å²) >= 11 is 0. The second-order valence-electron chi connectivity index (χ2n) is 2.23. The van der Waals surface area contributed by atoms with Gasteiger partial charge in [0.2, 0.25) is 18.1 Å². The molecule has 0 aromatic heterocycles. The second kappa shape index (κ2) is 18.1. The molecule has 0 spiro atoms. The smallest absolute Gasteiger partial charge is 0.317 e. The summed E-state index contributed by atoms with van der Waals surface area (Å²) in [5.74, 6) is -0.596. The molecule has 0 fully saturated rings. The van der Waals surface area contributed by atoms with Crippen LogP contribution in [0.15, 0.2) is 9.98 Å². The first kappa shape index (κ1) is 30.1. The van der Waals surface area contributed by atoms with Gasteiger partial charge < -0.3 is 5.32 Å². The lowest BCUT2D eigenvalue weighted by Crippen LogP contribution is -2.42. The average molecular weight is 276 g/mol. The Morgan fingerprint density at radius 1 is 1.05 bits per heavy atom. The molecule has 8 nitrogen and oxygen atoms in total. The lowest BCUT2D eigenvalue weighted by atomic mass is 10.6. The largest absolute Gasteiger partial charge is 0.327 e. The molecule has 8 heteroatoms. The number of carbonyl (C=O) groups excluding carboxylic acids is 4. The third-order valence-corrected chi connectivity index (χ3v) is 1.28. The molecule has 0 aromatic rings. The van der Waals surface area contributed by atoms with E-state index in [9.17, 15) is 19.2 Å². The number of hydrogen-bond acceptors (Lipinski definition) is 6. The quantitative estimate of drug-likeness (QED) is 0.622. The molecule has 1 N–H and O–H groups in total. The average Bonchev–Trinajstić information content (AvgIpc) is 2.18. The summed E-state index contributed by atoms with van der Waals surface area (Å²) in [6.07, 6.45) is 2.40. The predicted molar refractivity (Wildman–Crippen MR) is 74.0 cm³/mol. The molecular weight excluding hydrogens is 252 g/mol. The highest BCUT2D eigenvalue weighted by atomic mass is 16.2. The van der Waals surface area contributed by atoms with Crippen LogP contribution in [0.1, 0.15) is 36.6 Å². The molecule has 19 heavy (non-hydrogen) atoms. The first-order valence-corrected chi connectivity index (χ1v) is 3.76. The molecule has 0 aromatic carbocycles. The molecule has 0 unspecified atom stereocenters. The van der Waals surface area contributed by atoms with Crippen LogP contribution in [0.25, 0.3) is 0 Å². The van der Waals surface area contributed by atoms with Crippen molar-refractivity contribution in [2.45, 2.75) is 36.6 Å². The Kier molecular flexibility index (Phi) is 28.6. The summed E-state index contributed by atoms with van der Waals surface area (Å²) in [5.41, 5.74) is 0. The number of nitrogens with zero attached hydrogens (tertiary/aromatic N) is 3. The van der Waals surface area contributed by atoms with Crippen molar-refractivity contribution >= 4 is 24.1 Å². The molecule has 0 radical (unpaired) electrons. The van der Waals surface area contributed by atoms with E-state index in [1.54, 1.807) is 0 Å². The van der Waals surface area contributed by atoms with E-state index < -0.39 is 18.6 Å². The predicted octanol–water partition coefficient (Wildman–Crippen LogP) is 1.68. The van der Waals surface area contributed by atoms with Crippen LogP contribution < -0.4 is 5.32 Å². The minimum atomic E-state index is -0.805. The number of rotatable bonds is 4. The van der Waals surface area contributed by atoms with Crippen molar-refractivity contribution < 1.29 is 19.2 Å². The summed E-state index contributed by atoms with van der Waals surface area (Å²) < 4.78 is 0. The minimum Gasteiger partial charge on any atom is -0.317 e. The molecule has 0 aliphatic heterocycles. The maximum Gasteiger partial charge on any atom is 0.327 e. The zero-order chi connectivity index (χ0) is 11.7. The Hall–Kier alpha value is -2.30. The number of isocyanates is 2. The number of aliphatic imine (C=N–C) groups is 2. The van der Waals surface area contributed by atoms with Gasteiger partial charge in [0, 0.05) is 6.92 Å². The highest BCUT2D eigenvalue weighted by molar-refractivity contribution is 5.93. The number of imide groups is 1.